The number of carbonyl (C=O) groups excluding carboxylic acids is 2. The van der Waals surface area contributed by atoms with Crippen LogP contribution in [-0.2, 0) is 9.47 Å². The van der Waals surface area contributed by atoms with Crippen LogP contribution in [0.1, 0.15) is 53.5 Å². The maximum absolute atomic E-state index is 12.3. The number of rotatable bonds is 1. The van der Waals surface area contributed by atoms with Gasteiger partial charge < -0.3 is 20.1 Å². The zero-order valence-corrected chi connectivity index (χ0v) is 19.7. The molecular weight excluding hydrogens is 420 g/mol. The van der Waals surface area contributed by atoms with E-state index in [4.69, 9.17) is 26.8 Å². The molecule has 0 bridgehead atoms. The zero-order chi connectivity index (χ0) is 23.4. The van der Waals surface area contributed by atoms with Crippen molar-refractivity contribution >= 4 is 41.0 Å². The Labute approximate surface area is 188 Å². The molecule has 2 amide bonds. The van der Waals surface area contributed by atoms with Gasteiger partial charge in [0, 0.05) is 18.8 Å². The van der Waals surface area contributed by atoms with Gasteiger partial charge >= 0.3 is 12.2 Å². The Morgan fingerprint density at radius 1 is 1.13 bits per heavy atom. The lowest BCUT2D eigenvalue weighted by Gasteiger charge is -2.30. The van der Waals surface area contributed by atoms with E-state index in [9.17, 15) is 9.59 Å². The molecule has 1 aromatic rings. The van der Waals surface area contributed by atoms with Crippen LogP contribution in [0.5, 0.6) is 0 Å². The molecule has 170 valence electrons. The van der Waals surface area contributed by atoms with Crippen molar-refractivity contribution < 1.29 is 19.1 Å². The highest BCUT2D eigenvalue weighted by Crippen LogP contribution is 2.30. The molecule has 0 saturated carbocycles. The summed E-state index contributed by atoms with van der Waals surface area (Å²) < 4.78 is 10.6. The number of carbonyl (C=O) groups is 2. The van der Waals surface area contributed by atoms with Gasteiger partial charge in [0.05, 0.1) is 5.02 Å². The van der Waals surface area contributed by atoms with Gasteiger partial charge in [-0.2, -0.15) is 0 Å². The highest BCUT2D eigenvalue weighted by atomic mass is 35.5. The fraction of sp³-hybridized carbons (Fsp3) is 0.500. The summed E-state index contributed by atoms with van der Waals surface area (Å²) in [6.07, 6.45) is 1.11. The quantitative estimate of drug-likeness (QED) is 0.360. The third-order valence-electron chi connectivity index (χ3n) is 4.05. The number of nitrogens with one attached hydrogen (secondary N) is 1. The van der Waals surface area contributed by atoms with E-state index >= 15 is 0 Å². The average Bonchev–Trinajstić information content (AvgIpc) is 2.58. The van der Waals surface area contributed by atoms with Gasteiger partial charge in [-0.15, -0.1) is 4.99 Å². The number of halogens is 1. The topological polar surface area (TPSA) is 106 Å². The maximum Gasteiger partial charge on any atom is 0.437 e. The van der Waals surface area contributed by atoms with Gasteiger partial charge in [0.2, 0.25) is 5.96 Å². The van der Waals surface area contributed by atoms with Gasteiger partial charge in [-0.05, 0) is 71.2 Å². The maximum atomic E-state index is 12.3. The van der Waals surface area contributed by atoms with Crippen molar-refractivity contribution in [1.29, 1.82) is 0 Å². The molecule has 2 rings (SSSR count). The summed E-state index contributed by atoms with van der Waals surface area (Å²) in [7, 11) is 0. The fourth-order valence-electron chi connectivity index (χ4n) is 2.84. The molecule has 0 saturated heterocycles. The second kappa shape index (κ2) is 9.60. The normalized spacial score (nSPS) is 15.3. The van der Waals surface area contributed by atoms with Crippen LogP contribution in [0.2, 0.25) is 5.02 Å². The molecule has 1 heterocycles. The highest BCUT2D eigenvalue weighted by Gasteiger charge is 2.25. The van der Waals surface area contributed by atoms with Gasteiger partial charge in [-0.1, -0.05) is 23.7 Å². The number of guanidine groups is 1. The molecule has 1 aliphatic heterocycles. The molecule has 0 unspecified atom stereocenters. The monoisotopic (exact) mass is 450 g/mol. The SMILES string of the molecule is CC(C)(C)OC(=O)/N=C(\NC(=O)OC(C)(C)C)N1CC=C(c2ccc(N)cc2Cl)CC1. The molecule has 1 aromatic carbocycles. The van der Waals surface area contributed by atoms with Crippen LogP contribution >= 0.6 is 11.6 Å². The molecule has 0 aliphatic carbocycles. The molecular formula is C22H31ClN4O4. The average molecular weight is 451 g/mol. The predicted octanol–water partition coefficient (Wildman–Crippen LogP) is 4.83. The van der Waals surface area contributed by atoms with E-state index in [1.807, 2.05) is 12.1 Å². The summed E-state index contributed by atoms with van der Waals surface area (Å²) in [4.78, 5) is 30.3. The van der Waals surface area contributed by atoms with Crippen LogP contribution < -0.4 is 11.1 Å². The highest BCUT2D eigenvalue weighted by molar-refractivity contribution is 6.32. The first kappa shape index (κ1) is 24.5. The second-order valence-corrected chi connectivity index (χ2v) is 9.61. The fourth-order valence-corrected chi connectivity index (χ4v) is 3.15. The van der Waals surface area contributed by atoms with Crippen LogP contribution in [0.25, 0.3) is 5.57 Å². The lowest BCUT2D eigenvalue weighted by Crippen LogP contribution is -2.48. The lowest BCUT2D eigenvalue weighted by atomic mass is 9.99. The Balaban J connectivity index is 2.22. The van der Waals surface area contributed by atoms with Gasteiger partial charge in [0.1, 0.15) is 11.2 Å². The van der Waals surface area contributed by atoms with E-state index in [-0.39, 0.29) is 5.96 Å². The Morgan fingerprint density at radius 3 is 2.29 bits per heavy atom. The number of nitrogen functional groups attached to an aromatic ring is 1. The number of hydrogen-bond donors (Lipinski definition) is 2. The third kappa shape index (κ3) is 8.13. The Kier molecular flexibility index (Phi) is 7.59. The number of nitrogens with two attached hydrogens (primary N) is 1. The summed E-state index contributed by atoms with van der Waals surface area (Å²) in [5.74, 6) is 0.0715. The van der Waals surface area contributed by atoms with Crippen LogP contribution in [-0.4, -0.2) is 47.3 Å². The van der Waals surface area contributed by atoms with E-state index in [0.29, 0.717) is 30.2 Å². The van der Waals surface area contributed by atoms with E-state index in [1.165, 1.54) is 0 Å². The molecule has 9 heteroatoms. The molecule has 0 fully saturated rings. The first-order chi connectivity index (χ1) is 14.2. The number of amides is 2. The minimum absolute atomic E-state index is 0.0715. The minimum atomic E-state index is -0.796. The first-order valence-electron chi connectivity index (χ1n) is 10.0. The van der Waals surface area contributed by atoms with E-state index < -0.39 is 23.4 Å². The summed E-state index contributed by atoms with van der Waals surface area (Å²) in [5, 5.41) is 3.15. The van der Waals surface area contributed by atoms with Crippen LogP contribution in [0.3, 0.4) is 0 Å². The van der Waals surface area contributed by atoms with E-state index in [0.717, 1.165) is 11.1 Å². The Morgan fingerprint density at radius 2 is 1.77 bits per heavy atom. The zero-order valence-electron chi connectivity index (χ0n) is 18.9. The van der Waals surface area contributed by atoms with E-state index in [1.54, 1.807) is 58.6 Å². The minimum Gasteiger partial charge on any atom is -0.444 e. The second-order valence-electron chi connectivity index (χ2n) is 9.21. The number of alkyl carbamates (subject to hydrolysis) is 1. The van der Waals surface area contributed by atoms with Crippen molar-refractivity contribution in [2.75, 3.05) is 18.8 Å². The number of anilines is 1. The number of hydrogen-bond acceptors (Lipinski definition) is 5. The molecule has 31 heavy (non-hydrogen) atoms. The number of nitrogens with zero attached hydrogens (tertiary/aromatic N) is 2. The summed E-state index contributed by atoms with van der Waals surface area (Å²) in [5.41, 5.74) is 6.93. The molecule has 1 aliphatic rings. The number of benzene rings is 1. The predicted molar refractivity (Wildman–Crippen MR) is 123 cm³/mol. The molecule has 0 aromatic heterocycles. The van der Waals surface area contributed by atoms with E-state index in [2.05, 4.69) is 10.3 Å². The molecule has 3 N–H and O–H groups in total. The smallest absolute Gasteiger partial charge is 0.437 e. The molecule has 0 spiro atoms. The third-order valence-corrected chi connectivity index (χ3v) is 4.36. The largest absolute Gasteiger partial charge is 0.444 e. The van der Waals surface area contributed by atoms with Crippen LogP contribution in [0.15, 0.2) is 29.3 Å². The van der Waals surface area contributed by atoms with Crippen molar-refractivity contribution in [3.05, 3.63) is 34.9 Å². The van der Waals surface area contributed by atoms with Gasteiger partial charge in [0.25, 0.3) is 0 Å². The number of aliphatic imine (C=N–C) groups is 1. The van der Waals surface area contributed by atoms with Crippen molar-refractivity contribution in [2.45, 2.75) is 59.2 Å². The van der Waals surface area contributed by atoms with Gasteiger partial charge in [0.15, 0.2) is 0 Å². The number of ether oxygens (including phenoxy) is 2. The Hall–Kier alpha value is -2.74. The van der Waals surface area contributed by atoms with Crippen LogP contribution in [0.4, 0.5) is 15.3 Å². The molecule has 0 radical (unpaired) electrons. The standard InChI is InChI=1S/C22H31ClN4O4/c1-21(2,3)30-19(28)25-18(26-20(29)31-22(4,5)6)27-11-9-14(10-12-27)16-8-7-15(24)13-17(16)23/h7-9,13H,10-12,24H2,1-6H3,(H,25,26,28,29). The molecule has 0 atom stereocenters. The van der Waals surface area contributed by atoms with Crippen LogP contribution in [0, 0.1) is 0 Å². The summed E-state index contributed by atoms with van der Waals surface area (Å²) >= 11 is 6.33. The summed E-state index contributed by atoms with van der Waals surface area (Å²) in [6.45, 7) is 11.4. The van der Waals surface area contributed by atoms with Gasteiger partial charge in [-0.3, -0.25) is 5.32 Å². The molecule has 8 nitrogen and oxygen atoms in total. The van der Waals surface area contributed by atoms with Gasteiger partial charge in [-0.25, -0.2) is 9.59 Å². The van der Waals surface area contributed by atoms with Crippen molar-refractivity contribution in [3.63, 3.8) is 0 Å². The lowest BCUT2D eigenvalue weighted by molar-refractivity contribution is 0.0555. The summed E-state index contributed by atoms with van der Waals surface area (Å²) in [6, 6.07) is 5.39. The van der Waals surface area contributed by atoms with Crippen molar-refractivity contribution in [1.82, 2.24) is 10.2 Å². The van der Waals surface area contributed by atoms with Crippen molar-refractivity contribution in [2.24, 2.45) is 4.99 Å². The first-order valence-corrected chi connectivity index (χ1v) is 10.4. The Bertz CT molecular complexity index is 898. The van der Waals surface area contributed by atoms with Crippen molar-refractivity contribution in [3.8, 4) is 0 Å².